The van der Waals surface area contributed by atoms with E-state index in [0.717, 1.165) is 0 Å². The van der Waals surface area contributed by atoms with Crippen molar-refractivity contribution in [2.24, 2.45) is 0 Å². The van der Waals surface area contributed by atoms with Crippen LogP contribution in [0.1, 0.15) is 5.71 Å². The van der Waals surface area contributed by atoms with Gasteiger partial charge in [-0.15, -0.1) is 24.8 Å². The Morgan fingerprint density at radius 3 is 0.800 bits per heavy atom. The smallest absolute Gasteiger partial charge is 1.00 e. The maximum absolute atomic E-state index is 0. The molecule has 0 nitrogen and oxygen atoms in total. The van der Waals surface area contributed by atoms with Crippen LogP contribution in [0.5, 0.6) is 0 Å². The van der Waals surface area contributed by atoms with Gasteiger partial charge < -0.3 is 5.71 Å². The summed E-state index contributed by atoms with van der Waals surface area (Å²) in [5.41, 5.74) is 0. The number of rotatable bonds is 0. The Labute approximate surface area is 111 Å². The zero-order valence-electron chi connectivity index (χ0n) is 7.52. The first-order valence-electron chi connectivity index (χ1n) is 0. The van der Waals surface area contributed by atoms with Crippen LogP contribution in [0.4, 0.5) is 0 Å². The second-order valence-electron chi connectivity index (χ2n) is 0. The predicted molar refractivity (Wildman–Crippen MR) is 24.7 cm³/mol. The molecular formula is H6Cl2MgNa2. The van der Waals surface area contributed by atoms with Crippen LogP contribution in [0.2, 0.25) is 0 Å². The normalized spacial score (nSPS) is 0. The van der Waals surface area contributed by atoms with Gasteiger partial charge in [0.05, 0.1) is 0 Å². The Bertz CT molecular complexity index is 16.5. The second kappa shape index (κ2) is 26.4. The van der Waals surface area contributed by atoms with Gasteiger partial charge in [0.2, 0.25) is 0 Å². The summed E-state index contributed by atoms with van der Waals surface area (Å²) in [6.07, 6.45) is 0. The van der Waals surface area contributed by atoms with E-state index in [2.05, 4.69) is 0 Å². The summed E-state index contributed by atoms with van der Waals surface area (Å²) in [5.74, 6) is 0. The first-order valence-corrected chi connectivity index (χ1v) is 0. The first-order chi connectivity index (χ1) is 0. The molecule has 0 bridgehead atoms. The van der Waals surface area contributed by atoms with E-state index in [4.69, 9.17) is 0 Å². The van der Waals surface area contributed by atoms with Crippen LogP contribution in [0.3, 0.4) is 0 Å². The molecule has 0 saturated carbocycles. The maximum Gasteiger partial charge on any atom is 2.00 e. The summed E-state index contributed by atoms with van der Waals surface area (Å²) in [6, 6.07) is 0. The number of hydrogen-bond acceptors (Lipinski definition) is 0. The minimum Gasteiger partial charge on any atom is -1.00 e. The predicted octanol–water partition coefficient (Wildman–Crippen LogP) is -5.08. The van der Waals surface area contributed by atoms with Crippen LogP contribution in [0, 0.1) is 0 Å². The SMILES string of the molecule is Cl.Cl.[H-].[H-].[H-].[H-].[Mg+2].[Na+].[Na+]. The van der Waals surface area contributed by atoms with Crippen LogP contribution in [0.25, 0.3) is 0 Å². The van der Waals surface area contributed by atoms with E-state index in [0.29, 0.717) is 0 Å². The van der Waals surface area contributed by atoms with E-state index >= 15 is 0 Å². The van der Waals surface area contributed by atoms with Gasteiger partial charge in [0.1, 0.15) is 0 Å². The third-order valence-corrected chi connectivity index (χ3v) is 0. The van der Waals surface area contributed by atoms with Gasteiger partial charge in [0, 0.05) is 0 Å². The minimum atomic E-state index is 0. The van der Waals surface area contributed by atoms with Gasteiger partial charge in [0.15, 0.2) is 0 Å². The molecule has 0 unspecified atom stereocenters. The summed E-state index contributed by atoms with van der Waals surface area (Å²) in [6.45, 7) is 0. The quantitative estimate of drug-likeness (QED) is 0.301. The van der Waals surface area contributed by atoms with E-state index in [1.165, 1.54) is 0 Å². The molecule has 0 radical (unpaired) electrons. The molecule has 0 aromatic carbocycles. The van der Waals surface area contributed by atoms with E-state index in [1.807, 2.05) is 0 Å². The van der Waals surface area contributed by atoms with Crippen molar-refractivity contribution < 1.29 is 64.8 Å². The third-order valence-electron chi connectivity index (χ3n) is 0. The molecule has 0 aliphatic rings. The standard InChI is InChI=1S/2ClH.Mg.2Na.4H/h2*1H;;;;;;;/q;;+2;2*+1;4*-1. The van der Waals surface area contributed by atoms with Crippen LogP contribution in [-0.2, 0) is 0 Å². The monoisotopic (exact) mass is 146 g/mol. The maximum atomic E-state index is 0. The Morgan fingerprint density at radius 1 is 0.800 bits per heavy atom. The molecular weight excluding hydrogens is 141 g/mol. The van der Waals surface area contributed by atoms with Crippen molar-refractivity contribution in [2.75, 3.05) is 0 Å². The summed E-state index contributed by atoms with van der Waals surface area (Å²) in [7, 11) is 0. The molecule has 0 fully saturated rings. The molecule has 5 heteroatoms. The van der Waals surface area contributed by atoms with E-state index in [9.17, 15) is 0 Å². The Balaban J connectivity index is 0. The van der Waals surface area contributed by atoms with Gasteiger partial charge in [-0.1, -0.05) is 0 Å². The van der Waals surface area contributed by atoms with Crippen LogP contribution in [-0.4, -0.2) is 23.1 Å². The minimum absolute atomic E-state index is 0. The van der Waals surface area contributed by atoms with Gasteiger partial charge in [-0.2, -0.15) is 0 Å². The van der Waals surface area contributed by atoms with Crippen molar-refractivity contribution in [3.63, 3.8) is 0 Å². The zero-order chi connectivity index (χ0) is 0. The number of hydrogen-bond donors (Lipinski definition) is 0. The summed E-state index contributed by atoms with van der Waals surface area (Å²) >= 11 is 0. The van der Waals surface area contributed by atoms with Gasteiger partial charge >= 0.3 is 82.2 Å². The van der Waals surface area contributed by atoms with Crippen molar-refractivity contribution in [3.05, 3.63) is 0 Å². The van der Waals surface area contributed by atoms with E-state index < -0.39 is 0 Å². The fourth-order valence-corrected chi connectivity index (χ4v) is 0. The molecule has 0 spiro atoms. The molecule has 0 aliphatic heterocycles. The van der Waals surface area contributed by atoms with Crippen molar-refractivity contribution in [3.8, 4) is 0 Å². The summed E-state index contributed by atoms with van der Waals surface area (Å²) in [5, 5.41) is 0. The summed E-state index contributed by atoms with van der Waals surface area (Å²) in [4.78, 5) is 0. The van der Waals surface area contributed by atoms with Crippen molar-refractivity contribution in [2.45, 2.75) is 0 Å². The molecule has 0 heterocycles. The molecule has 0 atom stereocenters. The Morgan fingerprint density at radius 2 is 0.800 bits per heavy atom. The topological polar surface area (TPSA) is 0 Å². The fraction of sp³-hybridized carbons (Fsp3) is 0. The van der Waals surface area contributed by atoms with E-state index in [-0.39, 0.29) is 113 Å². The van der Waals surface area contributed by atoms with Crippen molar-refractivity contribution in [1.82, 2.24) is 0 Å². The molecule has 0 aliphatic carbocycles. The van der Waals surface area contributed by atoms with Crippen LogP contribution < -0.4 is 59.1 Å². The molecule has 0 saturated heterocycles. The van der Waals surface area contributed by atoms with Gasteiger partial charge in [-0.3, -0.25) is 0 Å². The summed E-state index contributed by atoms with van der Waals surface area (Å²) < 4.78 is 0. The number of halogens is 2. The molecule has 0 aromatic heterocycles. The fourth-order valence-electron chi connectivity index (χ4n) is 0. The van der Waals surface area contributed by atoms with E-state index in [1.54, 1.807) is 0 Å². The Kier molecular flexibility index (Phi) is 213. The van der Waals surface area contributed by atoms with Gasteiger partial charge in [-0.25, -0.2) is 0 Å². The first kappa shape index (κ1) is 40.2. The third kappa shape index (κ3) is 18.8. The molecule has 5 heavy (non-hydrogen) atoms. The molecule has 0 aromatic rings. The largest absolute Gasteiger partial charge is 2.00 e. The molecule has 24 valence electrons. The Hall–Kier alpha value is 3.35. The van der Waals surface area contributed by atoms with Crippen LogP contribution >= 0.6 is 24.8 Å². The van der Waals surface area contributed by atoms with Crippen molar-refractivity contribution in [1.29, 1.82) is 0 Å². The van der Waals surface area contributed by atoms with Crippen molar-refractivity contribution >= 4 is 47.9 Å². The molecule has 0 N–H and O–H groups in total. The second-order valence-corrected chi connectivity index (χ2v) is 0. The molecule has 0 rings (SSSR count). The molecule has 0 amide bonds. The zero-order valence-corrected chi connectivity index (χ0v) is 10.6. The van der Waals surface area contributed by atoms with Gasteiger partial charge in [-0.05, 0) is 0 Å². The average Bonchev–Trinajstić information content (AvgIpc) is 0. The van der Waals surface area contributed by atoms with Gasteiger partial charge in [0.25, 0.3) is 0 Å². The average molecular weight is 147 g/mol. The van der Waals surface area contributed by atoms with Crippen LogP contribution in [0.15, 0.2) is 0 Å².